The van der Waals surface area contributed by atoms with Crippen LogP contribution in [0.4, 0.5) is 0 Å². The summed E-state index contributed by atoms with van der Waals surface area (Å²) < 4.78 is 4.12. The molecule has 0 aliphatic carbocycles. The van der Waals surface area contributed by atoms with E-state index in [1.807, 2.05) is 35.9 Å². The number of nitrogens with zero attached hydrogens (tertiary/aromatic N) is 3. The first-order valence-electron chi connectivity index (χ1n) is 6.91. The Bertz CT molecular complexity index is 778. The number of carboxylic acid groups (broad SMARTS) is 1. The summed E-state index contributed by atoms with van der Waals surface area (Å²) in [6, 6.07) is 8.13. The molecule has 0 spiro atoms. The second-order valence-corrected chi connectivity index (χ2v) is 5.11. The van der Waals surface area contributed by atoms with E-state index in [1.165, 1.54) is 10.9 Å². The lowest BCUT2D eigenvalue weighted by atomic mass is 10.1. The van der Waals surface area contributed by atoms with Gasteiger partial charge in [0, 0.05) is 41.1 Å². The lowest BCUT2D eigenvalue weighted by Gasteiger charge is -2.07. The number of halogens is 1. The molecule has 22 heavy (non-hydrogen) atoms. The van der Waals surface area contributed by atoms with Crippen molar-refractivity contribution in [1.82, 2.24) is 14.1 Å². The van der Waals surface area contributed by atoms with E-state index in [9.17, 15) is 4.79 Å². The summed E-state index contributed by atoms with van der Waals surface area (Å²) in [6.07, 6.45) is 5.62. The van der Waals surface area contributed by atoms with E-state index in [1.54, 1.807) is 12.5 Å². The van der Waals surface area contributed by atoms with E-state index in [0.717, 1.165) is 17.8 Å². The van der Waals surface area contributed by atoms with Crippen LogP contribution < -0.4 is 0 Å². The third-order valence-corrected chi connectivity index (χ3v) is 3.81. The van der Waals surface area contributed by atoms with Crippen LogP contribution in [0.3, 0.4) is 0 Å². The second kappa shape index (κ2) is 6.66. The van der Waals surface area contributed by atoms with Gasteiger partial charge in [-0.25, -0.2) is 4.98 Å². The summed E-state index contributed by atoms with van der Waals surface area (Å²) in [5, 5.41) is 10.1. The van der Waals surface area contributed by atoms with Gasteiger partial charge in [0.05, 0.1) is 19.3 Å². The van der Waals surface area contributed by atoms with E-state index in [2.05, 4.69) is 15.6 Å². The number of carbonyl (C=O) groups is 1. The third-order valence-electron chi connectivity index (χ3n) is 3.81. The number of hydrogen-bond acceptors (Lipinski definition) is 2. The average Bonchev–Trinajstić information content (AvgIpc) is 3.06. The first-order chi connectivity index (χ1) is 10.2. The van der Waals surface area contributed by atoms with Gasteiger partial charge in [-0.2, -0.15) is 0 Å². The molecule has 116 valence electrons. The smallest absolute Gasteiger partial charge is 0.305 e. The molecule has 0 radical (unpaired) electrons. The van der Waals surface area contributed by atoms with Crippen LogP contribution in [-0.4, -0.2) is 25.2 Å². The Kier molecular flexibility index (Phi) is 4.88. The normalized spacial score (nSPS) is 10.6. The highest BCUT2D eigenvalue weighted by Gasteiger charge is 2.14. The van der Waals surface area contributed by atoms with Crippen LogP contribution in [0.15, 0.2) is 43.0 Å². The predicted molar refractivity (Wildman–Crippen MR) is 87.5 cm³/mol. The first kappa shape index (κ1) is 16.1. The molecule has 2 aromatic heterocycles. The van der Waals surface area contributed by atoms with Gasteiger partial charge in [0.1, 0.15) is 0 Å². The Hall–Kier alpha value is -2.27. The van der Waals surface area contributed by atoms with E-state index < -0.39 is 5.97 Å². The van der Waals surface area contributed by atoms with Gasteiger partial charge in [0.2, 0.25) is 0 Å². The maximum Gasteiger partial charge on any atom is 0.305 e. The molecule has 0 aliphatic rings. The van der Waals surface area contributed by atoms with Crippen molar-refractivity contribution in [2.75, 3.05) is 0 Å². The van der Waals surface area contributed by atoms with Crippen LogP contribution in [0.1, 0.15) is 17.7 Å². The summed E-state index contributed by atoms with van der Waals surface area (Å²) in [5.41, 5.74) is 3.42. The topological polar surface area (TPSA) is 60.0 Å². The minimum absolute atomic E-state index is 0. The number of carboxylic acids is 1. The first-order valence-corrected chi connectivity index (χ1v) is 6.91. The fourth-order valence-corrected chi connectivity index (χ4v) is 2.76. The summed E-state index contributed by atoms with van der Waals surface area (Å²) in [6.45, 7) is 3.28. The fraction of sp³-hybridized carbons (Fsp3) is 0.250. The van der Waals surface area contributed by atoms with Crippen molar-refractivity contribution in [2.45, 2.75) is 26.4 Å². The van der Waals surface area contributed by atoms with Gasteiger partial charge in [0.15, 0.2) is 0 Å². The molecule has 3 aromatic rings. The number of aromatic nitrogens is 3. The molecule has 0 saturated carbocycles. The molecule has 3 rings (SSSR count). The van der Waals surface area contributed by atoms with Gasteiger partial charge in [-0.3, -0.25) is 4.79 Å². The van der Waals surface area contributed by atoms with Crippen molar-refractivity contribution < 1.29 is 9.90 Å². The summed E-state index contributed by atoms with van der Waals surface area (Å²) in [5.74, 6) is -0.775. The lowest BCUT2D eigenvalue weighted by Crippen LogP contribution is -2.06. The van der Waals surface area contributed by atoms with Crippen LogP contribution in [-0.2, 0) is 17.9 Å². The van der Waals surface area contributed by atoms with Crippen molar-refractivity contribution in [3.8, 4) is 0 Å². The zero-order valence-corrected chi connectivity index (χ0v) is 13.1. The molecule has 1 N–H and O–H groups in total. The zero-order chi connectivity index (χ0) is 14.8. The monoisotopic (exact) mass is 319 g/mol. The van der Waals surface area contributed by atoms with Crippen molar-refractivity contribution >= 4 is 29.3 Å². The lowest BCUT2D eigenvalue weighted by molar-refractivity contribution is -0.137. The summed E-state index contributed by atoms with van der Waals surface area (Å²) in [4.78, 5) is 14.9. The molecule has 0 aliphatic heterocycles. The Morgan fingerprint density at radius 3 is 2.77 bits per heavy atom. The Morgan fingerprint density at radius 1 is 1.32 bits per heavy atom. The quantitative estimate of drug-likeness (QED) is 0.786. The number of benzene rings is 1. The predicted octanol–water partition coefficient (Wildman–Crippen LogP) is 3.09. The van der Waals surface area contributed by atoms with Gasteiger partial charge in [-0.1, -0.05) is 18.2 Å². The van der Waals surface area contributed by atoms with Crippen LogP contribution in [0.2, 0.25) is 0 Å². The Labute approximate surface area is 134 Å². The van der Waals surface area contributed by atoms with Crippen LogP contribution in [0.5, 0.6) is 0 Å². The molecule has 0 amide bonds. The second-order valence-electron chi connectivity index (χ2n) is 5.11. The Balaban J connectivity index is 0.00000176. The van der Waals surface area contributed by atoms with Gasteiger partial charge in [-0.05, 0) is 13.0 Å². The fourth-order valence-electron chi connectivity index (χ4n) is 2.76. The largest absolute Gasteiger partial charge is 0.481 e. The number of aryl methyl sites for hydroxylation is 1. The number of hydrogen-bond donors (Lipinski definition) is 1. The minimum atomic E-state index is -0.775. The summed E-state index contributed by atoms with van der Waals surface area (Å²) in [7, 11) is 0. The van der Waals surface area contributed by atoms with Gasteiger partial charge in [0.25, 0.3) is 0 Å². The van der Waals surface area contributed by atoms with Crippen LogP contribution in [0, 0.1) is 6.92 Å². The molecule has 6 heteroatoms. The molecular formula is C16H18ClN3O2. The van der Waals surface area contributed by atoms with Crippen molar-refractivity contribution in [2.24, 2.45) is 0 Å². The van der Waals surface area contributed by atoms with E-state index >= 15 is 0 Å². The molecule has 5 nitrogen and oxygen atoms in total. The molecule has 2 heterocycles. The number of rotatable bonds is 5. The SMILES string of the molecule is Cc1c(Cn2ccnc2)c2ccccc2n1CCC(=O)O.Cl. The van der Waals surface area contributed by atoms with Gasteiger partial charge in [-0.15, -0.1) is 12.4 Å². The highest BCUT2D eigenvalue weighted by Crippen LogP contribution is 2.26. The zero-order valence-electron chi connectivity index (χ0n) is 12.3. The van der Waals surface area contributed by atoms with Crippen molar-refractivity contribution in [3.63, 3.8) is 0 Å². The maximum atomic E-state index is 10.9. The average molecular weight is 320 g/mol. The Morgan fingerprint density at radius 2 is 2.09 bits per heavy atom. The molecular weight excluding hydrogens is 302 g/mol. The third kappa shape index (κ3) is 2.99. The van der Waals surface area contributed by atoms with Crippen LogP contribution in [0.25, 0.3) is 10.9 Å². The maximum absolute atomic E-state index is 10.9. The van der Waals surface area contributed by atoms with Crippen molar-refractivity contribution in [3.05, 3.63) is 54.2 Å². The van der Waals surface area contributed by atoms with Crippen molar-refractivity contribution in [1.29, 1.82) is 0 Å². The standard InChI is InChI=1S/C16H17N3O2.ClH/c1-12-14(10-18-9-7-17-11-18)13-4-2-3-5-15(13)19(12)8-6-16(20)21;/h2-5,7,9,11H,6,8,10H2,1H3,(H,20,21);1H. The van der Waals surface area contributed by atoms with E-state index in [4.69, 9.17) is 5.11 Å². The molecule has 0 saturated heterocycles. The number of para-hydroxylation sites is 1. The molecule has 1 aromatic carbocycles. The summed E-state index contributed by atoms with van der Waals surface area (Å²) >= 11 is 0. The highest BCUT2D eigenvalue weighted by atomic mass is 35.5. The van der Waals surface area contributed by atoms with E-state index in [-0.39, 0.29) is 18.8 Å². The number of fused-ring (bicyclic) bond motifs is 1. The van der Waals surface area contributed by atoms with Gasteiger partial charge < -0.3 is 14.2 Å². The number of imidazole rings is 1. The molecule has 0 fully saturated rings. The molecule has 0 unspecified atom stereocenters. The highest BCUT2D eigenvalue weighted by molar-refractivity contribution is 5.86. The number of aliphatic carboxylic acids is 1. The van der Waals surface area contributed by atoms with E-state index in [0.29, 0.717) is 6.54 Å². The molecule has 0 atom stereocenters. The van der Waals surface area contributed by atoms with Gasteiger partial charge >= 0.3 is 5.97 Å². The minimum Gasteiger partial charge on any atom is -0.481 e. The molecule has 0 bridgehead atoms. The van der Waals surface area contributed by atoms with Crippen LogP contribution >= 0.6 is 12.4 Å².